The van der Waals surface area contributed by atoms with Gasteiger partial charge in [0.1, 0.15) is 11.5 Å². The van der Waals surface area contributed by atoms with Crippen LogP contribution in [0.2, 0.25) is 0 Å². The highest BCUT2D eigenvalue weighted by Gasteiger charge is 2.27. The van der Waals surface area contributed by atoms with Crippen LogP contribution in [0.25, 0.3) is 5.70 Å². The number of allylic oxidation sites excluding steroid dienone is 3. The van der Waals surface area contributed by atoms with Crippen molar-refractivity contribution in [2.24, 2.45) is 4.99 Å². The standard InChI is InChI=1S/C23H23F2NO/c1-6-19(16-8-10-17(11-9-16)23(5,24)25)26-21-18-12-7-15(4)13-20(18)27-22(21)14(2)3/h6-13H,1-5H3/b19-6+,26-21?. The van der Waals surface area contributed by atoms with Crippen LogP contribution in [0.15, 0.2) is 64.9 Å². The van der Waals surface area contributed by atoms with Crippen LogP contribution in [0.3, 0.4) is 0 Å². The lowest BCUT2D eigenvalue weighted by molar-refractivity contribution is 0.0175. The van der Waals surface area contributed by atoms with E-state index in [1.165, 1.54) is 12.1 Å². The first kappa shape index (κ1) is 19.0. The molecule has 3 rings (SSSR count). The normalized spacial score (nSPS) is 15.7. The Bertz CT molecular complexity index is 957. The molecule has 140 valence electrons. The number of fused-ring (bicyclic) bond motifs is 1. The summed E-state index contributed by atoms with van der Waals surface area (Å²) in [6, 6.07) is 12.3. The van der Waals surface area contributed by atoms with Gasteiger partial charge in [0.25, 0.3) is 5.92 Å². The highest BCUT2D eigenvalue weighted by Crippen LogP contribution is 2.35. The first-order chi connectivity index (χ1) is 12.7. The first-order valence-electron chi connectivity index (χ1n) is 8.91. The van der Waals surface area contributed by atoms with Crippen LogP contribution < -0.4 is 4.74 Å². The molecule has 0 aromatic heterocycles. The molecule has 4 heteroatoms. The Morgan fingerprint density at radius 1 is 1.07 bits per heavy atom. The fourth-order valence-corrected chi connectivity index (χ4v) is 2.99. The summed E-state index contributed by atoms with van der Waals surface area (Å²) in [5.74, 6) is -1.32. The quantitative estimate of drug-likeness (QED) is 0.595. The largest absolute Gasteiger partial charge is 0.454 e. The number of hydrogen-bond acceptors (Lipinski definition) is 2. The number of nitrogens with zero attached hydrogens (tertiary/aromatic N) is 1. The van der Waals surface area contributed by atoms with E-state index >= 15 is 0 Å². The number of aliphatic imine (C=N–C) groups is 1. The number of ether oxygens (including phenoxy) is 1. The van der Waals surface area contributed by atoms with E-state index in [-0.39, 0.29) is 5.56 Å². The van der Waals surface area contributed by atoms with Gasteiger partial charge >= 0.3 is 0 Å². The maximum atomic E-state index is 13.5. The maximum absolute atomic E-state index is 13.5. The zero-order valence-electron chi connectivity index (χ0n) is 16.2. The van der Waals surface area contributed by atoms with E-state index in [2.05, 4.69) is 0 Å². The molecule has 0 saturated heterocycles. The lowest BCUT2D eigenvalue weighted by atomic mass is 10.0. The molecule has 0 amide bonds. The van der Waals surface area contributed by atoms with Crippen molar-refractivity contribution in [2.45, 2.75) is 40.5 Å². The van der Waals surface area contributed by atoms with Crippen molar-refractivity contribution in [1.82, 2.24) is 0 Å². The Balaban J connectivity index is 2.06. The second-order valence-electron chi connectivity index (χ2n) is 7.03. The van der Waals surface area contributed by atoms with Crippen molar-refractivity contribution in [3.63, 3.8) is 0 Å². The highest BCUT2D eigenvalue weighted by atomic mass is 19.3. The van der Waals surface area contributed by atoms with E-state index in [1.807, 2.05) is 52.0 Å². The van der Waals surface area contributed by atoms with E-state index in [4.69, 9.17) is 9.73 Å². The fraction of sp³-hybridized carbons (Fsp3) is 0.261. The molecule has 27 heavy (non-hydrogen) atoms. The van der Waals surface area contributed by atoms with Gasteiger partial charge in [0, 0.05) is 18.1 Å². The Morgan fingerprint density at radius 2 is 1.74 bits per heavy atom. The SMILES string of the molecule is C/C=C(/N=C1C(=C(C)C)Oc2cc(C)ccc21)c1ccc(C(C)(F)F)cc1. The number of alkyl halides is 2. The van der Waals surface area contributed by atoms with Crippen LogP contribution in [0, 0.1) is 6.92 Å². The van der Waals surface area contributed by atoms with Crippen molar-refractivity contribution in [3.8, 4) is 5.75 Å². The number of aryl methyl sites for hydroxylation is 1. The van der Waals surface area contributed by atoms with Crippen molar-refractivity contribution in [1.29, 1.82) is 0 Å². The number of hydrogen-bond donors (Lipinski definition) is 0. The zero-order valence-corrected chi connectivity index (χ0v) is 16.2. The van der Waals surface area contributed by atoms with Gasteiger partial charge in [0.15, 0.2) is 5.76 Å². The van der Waals surface area contributed by atoms with E-state index in [0.717, 1.165) is 46.4 Å². The molecule has 0 fully saturated rings. The van der Waals surface area contributed by atoms with Gasteiger partial charge in [-0.2, -0.15) is 0 Å². The minimum absolute atomic E-state index is 0.00985. The Morgan fingerprint density at radius 3 is 2.30 bits per heavy atom. The summed E-state index contributed by atoms with van der Waals surface area (Å²) in [6.45, 7) is 8.77. The molecule has 1 heterocycles. The van der Waals surface area contributed by atoms with E-state index < -0.39 is 5.92 Å². The summed E-state index contributed by atoms with van der Waals surface area (Å²) in [5, 5.41) is 0. The summed E-state index contributed by atoms with van der Waals surface area (Å²) >= 11 is 0. The topological polar surface area (TPSA) is 21.6 Å². The van der Waals surface area contributed by atoms with Crippen LogP contribution in [-0.4, -0.2) is 5.71 Å². The summed E-state index contributed by atoms with van der Waals surface area (Å²) < 4.78 is 33.0. The van der Waals surface area contributed by atoms with Gasteiger partial charge < -0.3 is 4.74 Å². The van der Waals surface area contributed by atoms with Gasteiger partial charge in [-0.25, -0.2) is 13.8 Å². The van der Waals surface area contributed by atoms with Crippen molar-refractivity contribution < 1.29 is 13.5 Å². The molecule has 2 aromatic carbocycles. The van der Waals surface area contributed by atoms with Crippen LogP contribution >= 0.6 is 0 Å². The second kappa shape index (κ2) is 7.10. The first-order valence-corrected chi connectivity index (χ1v) is 8.91. The van der Waals surface area contributed by atoms with Gasteiger partial charge in [-0.05, 0) is 56.5 Å². The zero-order chi connectivity index (χ0) is 19.8. The molecule has 0 spiro atoms. The lowest BCUT2D eigenvalue weighted by Gasteiger charge is -2.11. The van der Waals surface area contributed by atoms with E-state index in [0.29, 0.717) is 5.70 Å². The van der Waals surface area contributed by atoms with Crippen molar-refractivity contribution >= 4 is 11.4 Å². The summed E-state index contributed by atoms with van der Waals surface area (Å²) in [5.41, 5.74) is 5.34. The van der Waals surface area contributed by atoms with Crippen LogP contribution in [-0.2, 0) is 5.92 Å². The number of benzene rings is 2. The molecule has 1 aliphatic rings. The van der Waals surface area contributed by atoms with E-state index in [1.54, 1.807) is 12.1 Å². The van der Waals surface area contributed by atoms with Gasteiger partial charge in [0.2, 0.25) is 0 Å². The van der Waals surface area contributed by atoms with Crippen LogP contribution in [0.5, 0.6) is 5.75 Å². The third-order valence-corrected chi connectivity index (χ3v) is 4.47. The average Bonchev–Trinajstić information content (AvgIpc) is 2.96. The molecular weight excluding hydrogens is 344 g/mol. The molecule has 0 unspecified atom stereocenters. The number of halogens is 2. The predicted molar refractivity (Wildman–Crippen MR) is 106 cm³/mol. The Hall–Kier alpha value is -2.75. The molecule has 0 radical (unpaired) electrons. The summed E-state index contributed by atoms with van der Waals surface area (Å²) in [7, 11) is 0. The molecule has 0 bridgehead atoms. The number of rotatable bonds is 3. The smallest absolute Gasteiger partial charge is 0.270 e. The monoisotopic (exact) mass is 367 g/mol. The molecule has 0 atom stereocenters. The fourth-order valence-electron chi connectivity index (χ4n) is 2.99. The predicted octanol–water partition coefficient (Wildman–Crippen LogP) is 6.64. The maximum Gasteiger partial charge on any atom is 0.270 e. The summed E-state index contributed by atoms with van der Waals surface area (Å²) in [6.07, 6.45) is 1.88. The minimum atomic E-state index is -2.86. The third kappa shape index (κ3) is 3.85. The molecule has 0 aliphatic carbocycles. The Labute approximate surface area is 158 Å². The summed E-state index contributed by atoms with van der Waals surface area (Å²) in [4.78, 5) is 4.84. The van der Waals surface area contributed by atoms with Crippen molar-refractivity contribution in [2.75, 3.05) is 0 Å². The van der Waals surface area contributed by atoms with Gasteiger partial charge in [-0.3, -0.25) is 0 Å². The molecule has 0 saturated carbocycles. The van der Waals surface area contributed by atoms with Crippen LogP contribution in [0.1, 0.15) is 49.9 Å². The average molecular weight is 367 g/mol. The lowest BCUT2D eigenvalue weighted by Crippen LogP contribution is -2.06. The van der Waals surface area contributed by atoms with Crippen LogP contribution in [0.4, 0.5) is 8.78 Å². The minimum Gasteiger partial charge on any atom is -0.454 e. The highest BCUT2D eigenvalue weighted by molar-refractivity contribution is 6.17. The molecular formula is C23H23F2NO. The van der Waals surface area contributed by atoms with Gasteiger partial charge in [0.05, 0.1) is 5.70 Å². The van der Waals surface area contributed by atoms with Crippen molar-refractivity contribution in [3.05, 3.63) is 82.1 Å². The van der Waals surface area contributed by atoms with E-state index in [9.17, 15) is 8.78 Å². The molecule has 2 aromatic rings. The third-order valence-electron chi connectivity index (χ3n) is 4.47. The molecule has 0 N–H and O–H groups in total. The van der Waals surface area contributed by atoms with Gasteiger partial charge in [-0.1, -0.05) is 36.4 Å². The molecule has 2 nitrogen and oxygen atoms in total. The molecule has 1 aliphatic heterocycles. The van der Waals surface area contributed by atoms with Gasteiger partial charge in [-0.15, -0.1) is 0 Å². The second-order valence-corrected chi connectivity index (χ2v) is 7.03. The Kier molecular flexibility index (Phi) is 5.01.